The van der Waals surface area contributed by atoms with Gasteiger partial charge >= 0.3 is 11.9 Å². The molecule has 0 spiro atoms. The molecule has 0 saturated heterocycles. The molecule has 5 rings (SSSR count). The minimum absolute atomic E-state index is 0.0524. The highest BCUT2D eigenvalue weighted by Gasteiger charge is 2.40. The first kappa shape index (κ1) is 38.0. The fraction of sp³-hybridized carbons (Fsp3) is 0.325. The van der Waals surface area contributed by atoms with Crippen molar-refractivity contribution in [2.45, 2.75) is 62.6 Å². The highest BCUT2D eigenvalue weighted by molar-refractivity contribution is 8.00. The normalized spacial score (nSPS) is 17.0. The molecule has 4 N–H and O–H groups in total. The molecule has 1 aliphatic heterocycles. The lowest BCUT2D eigenvalue weighted by Gasteiger charge is -2.35. The average Bonchev–Trinajstić information content (AvgIpc) is 3.80. The highest BCUT2D eigenvalue weighted by atomic mass is 32.2. The van der Waals surface area contributed by atoms with Crippen LogP contribution in [0.25, 0.3) is 0 Å². The molecule has 0 aliphatic carbocycles. The lowest BCUT2D eigenvalue weighted by atomic mass is 9.84. The van der Waals surface area contributed by atoms with Crippen molar-refractivity contribution in [2.75, 3.05) is 12.4 Å². The van der Waals surface area contributed by atoms with Crippen molar-refractivity contribution in [1.82, 2.24) is 10.3 Å². The summed E-state index contributed by atoms with van der Waals surface area (Å²) in [6.07, 6.45) is 4.57. The summed E-state index contributed by atoms with van der Waals surface area (Å²) < 4.78 is 16.1. The Kier molecular flexibility index (Phi) is 12.7. The molecule has 4 aromatic rings. The molecule has 3 aromatic carbocycles. The number of hydrogen-bond donors (Lipinski definition) is 3. The number of carbonyl (C=O) groups excluding carboxylic acids is 2. The number of carbonyl (C=O) groups is 3. The number of carboxylic acid groups (broad SMARTS) is 1. The number of carboxylic acids is 1. The molecule has 0 radical (unpaired) electrons. The maximum Gasteiger partial charge on any atom is 0.335 e. The van der Waals surface area contributed by atoms with Crippen LogP contribution in [0.4, 0.5) is 0 Å². The van der Waals surface area contributed by atoms with Crippen LogP contribution in [0.5, 0.6) is 0 Å². The van der Waals surface area contributed by atoms with Gasteiger partial charge in [-0.2, -0.15) is 0 Å². The molecule has 3 atom stereocenters. The zero-order chi connectivity index (χ0) is 37.1. The maximum atomic E-state index is 13.1. The molecular weight excluding hydrogens is 681 g/mol. The van der Waals surface area contributed by atoms with Gasteiger partial charge in [0.25, 0.3) is 0 Å². The van der Waals surface area contributed by atoms with E-state index in [1.165, 1.54) is 13.2 Å². The van der Waals surface area contributed by atoms with E-state index in [-0.39, 0.29) is 43.0 Å². The average molecular weight is 725 g/mol. The number of amides is 1. The molecule has 0 saturated carbocycles. The van der Waals surface area contributed by atoms with Gasteiger partial charge in [-0.25, -0.2) is 14.8 Å². The molecule has 52 heavy (non-hydrogen) atoms. The Morgan fingerprint density at radius 2 is 1.58 bits per heavy atom. The van der Waals surface area contributed by atoms with Gasteiger partial charge in [-0.05, 0) is 47.8 Å². The molecule has 11 nitrogen and oxygen atoms in total. The summed E-state index contributed by atoms with van der Waals surface area (Å²) in [7, 11) is 0. The number of aliphatic carboxylic acids is 1. The molecule has 1 amide bonds. The number of nitrogens with zero attached hydrogens (tertiary/aromatic N) is 2. The summed E-state index contributed by atoms with van der Waals surface area (Å²) in [6.45, 7) is 4.91. The number of benzene rings is 3. The number of esters is 1. The maximum absolute atomic E-state index is 13.1. The lowest BCUT2D eigenvalue weighted by molar-refractivity contribution is -0.150. The SMILES string of the molecule is CC(C)[C@H](N)C(=O)O[C@H](/C=C/CCSC(c1ccccc1)(c1ccccc1)c1ccccc1)CC(=O)NCc1nc(C2=N[C@](C)(C(=O)O)CO2)co1. The molecule has 272 valence electrons. The van der Waals surface area contributed by atoms with Crippen LogP contribution in [0.1, 0.15) is 61.9 Å². The minimum atomic E-state index is -1.41. The van der Waals surface area contributed by atoms with Gasteiger partial charge in [0.2, 0.25) is 17.7 Å². The molecular formula is C40H44N4O7S. The minimum Gasteiger partial charge on any atom is -0.479 e. The van der Waals surface area contributed by atoms with Gasteiger partial charge in [0.15, 0.2) is 11.2 Å². The summed E-state index contributed by atoms with van der Waals surface area (Å²) >= 11 is 1.81. The van der Waals surface area contributed by atoms with E-state index in [2.05, 4.69) is 88.1 Å². The molecule has 0 unspecified atom stereocenters. The van der Waals surface area contributed by atoms with Crippen molar-refractivity contribution in [3.8, 4) is 0 Å². The monoisotopic (exact) mass is 724 g/mol. The number of hydrogen-bond acceptors (Lipinski definition) is 10. The van der Waals surface area contributed by atoms with E-state index < -0.39 is 40.3 Å². The second-order valence-electron chi connectivity index (χ2n) is 13.0. The molecule has 0 bridgehead atoms. The quantitative estimate of drug-likeness (QED) is 0.0519. The van der Waals surface area contributed by atoms with Crippen LogP contribution in [0.2, 0.25) is 0 Å². The van der Waals surface area contributed by atoms with E-state index in [0.29, 0.717) is 6.42 Å². The van der Waals surface area contributed by atoms with Crippen LogP contribution >= 0.6 is 11.8 Å². The first-order valence-corrected chi connectivity index (χ1v) is 18.1. The fourth-order valence-corrected chi connectivity index (χ4v) is 7.07. The topological polar surface area (TPSA) is 166 Å². The van der Waals surface area contributed by atoms with Crippen molar-refractivity contribution in [2.24, 2.45) is 16.6 Å². The zero-order valence-corrected chi connectivity index (χ0v) is 30.3. The number of oxazole rings is 1. The predicted octanol–water partition coefficient (Wildman–Crippen LogP) is 5.87. The van der Waals surface area contributed by atoms with Crippen LogP contribution < -0.4 is 11.1 Å². The summed E-state index contributed by atoms with van der Waals surface area (Å²) in [6, 6.07) is 30.4. The van der Waals surface area contributed by atoms with Crippen LogP contribution in [0.3, 0.4) is 0 Å². The Hall–Kier alpha value is -5.20. The van der Waals surface area contributed by atoms with Gasteiger partial charge in [-0.1, -0.05) is 111 Å². The van der Waals surface area contributed by atoms with Crippen LogP contribution in [0.15, 0.2) is 119 Å². The van der Waals surface area contributed by atoms with E-state index in [0.717, 1.165) is 22.4 Å². The van der Waals surface area contributed by atoms with Gasteiger partial charge in [0.05, 0.1) is 17.7 Å². The van der Waals surface area contributed by atoms with E-state index in [9.17, 15) is 19.5 Å². The van der Waals surface area contributed by atoms with Crippen molar-refractivity contribution in [1.29, 1.82) is 0 Å². The van der Waals surface area contributed by atoms with E-state index >= 15 is 0 Å². The van der Waals surface area contributed by atoms with Gasteiger partial charge in [-0.15, -0.1) is 11.8 Å². The fourth-order valence-electron chi connectivity index (χ4n) is 5.60. The first-order chi connectivity index (χ1) is 25.0. The van der Waals surface area contributed by atoms with Crippen molar-refractivity contribution in [3.05, 3.63) is 138 Å². The van der Waals surface area contributed by atoms with Crippen LogP contribution in [0, 0.1) is 5.92 Å². The molecule has 0 fully saturated rings. The third-order valence-corrected chi connectivity index (χ3v) is 10.2. The molecule has 1 aliphatic rings. The molecule has 2 heterocycles. The Balaban J connectivity index is 1.26. The van der Waals surface area contributed by atoms with Gasteiger partial charge in [0, 0.05) is 0 Å². The number of aromatic nitrogens is 1. The highest BCUT2D eigenvalue weighted by Crippen LogP contribution is 2.48. The Bertz CT molecular complexity index is 1770. The van der Waals surface area contributed by atoms with Gasteiger partial charge in [-0.3, -0.25) is 9.59 Å². The molecule has 1 aromatic heterocycles. The number of nitrogens with one attached hydrogen (secondary N) is 1. The van der Waals surface area contributed by atoms with Crippen molar-refractivity contribution >= 4 is 35.5 Å². The number of aliphatic imine (C=N–C) groups is 1. The second-order valence-corrected chi connectivity index (χ2v) is 14.3. The summed E-state index contributed by atoms with van der Waals surface area (Å²) in [5.41, 5.74) is 8.37. The van der Waals surface area contributed by atoms with Crippen LogP contribution in [-0.2, 0) is 35.1 Å². The first-order valence-electron chi connectivity index (χ1n) is 17.1. The summed E-state index contributed by atoms with van der Waals surface area (Å²) in [5.74, 6) is -1.32. The Morgan fingerprint density at radius 1 is 1.00 bits per heavy atom. The number of ether oxygens (including phenoxy) is 2. The van der Waals surface area contributed by atoms with E-state index in [1.54, 1.807) is 6.08 Å². The number of thioether (sulfide) groups is 1. The Morgan fingerprint density at radius 3 is 2.10 bits per heavy atom. The smallest absolute Gasteiger partial charge is 0.335 e. The van der Waals surface area contributed by atoms with Crippen molar-refractivity contribution in [3.63, 3.8) is 0 Å². The summed E-state index contributed by atoms with van der Waals surface area (Å²) in [4.78, 5) is 45.8. The van der Waals surface area contributed by atoms with Gasteiger partial charge < -0.3 is 30.0 Å². The Labute approximate surface area is 307 Å². The van der Waals surface area contributed by atoms with Crippen LogP contribution in [-0.4, -0.2) is 63.9 Å². The summed E-state index contributed by atoms with van der Waals surface area (Å²) in [5, 5.41) is 12.1. The number of allylic oxidation sites excluding steroid dienone is 1. The lowest BCUT2D eigenvalue weighted by Crippen LogP contribution is -2.39. The zero-order valence-electron chi connectivity index (χ0n) is 29.4. The molecule has 12 heteroatoms. The largest absolute Gasteiger partial charge is 0.479 e. The third-order valence-electron chi connectivity index (χ3n) is 8.65. The third kappa shape index (κ3) is 9.17. The van der Waals surface area contributed by atoms with Crippen molar-refractivity contribution < 1.29 is 33.4 Å². The second kappa shape index (κ2) is 17.3. The standard InChI is InChI=1S/C40H44N4O7S/c1-27(2)35(41)37(46)51-31(23-33(45)42-24-34-43-32(25-49-34)36-44-39(3,26-50-36)38(47)48)21-13-14-22-52-40(28-15-7-4-8-16-28,29-17-9-5-10-18-29)30-19-11-6-12-20-30/h4-13,15-21,25,27,31,35H,14,22-24,26,41H2,1-3H3,(H,42,45)(H,47,48)/b21-13+/t31-,35+,39+/m1/s1. The van der Waals surface area contributed by atoms with E-state index in [4.69, 9.17) is 19.6 Å². The number of rotatable bonds is 17. The van der Waals surface area contributed by atoms with E-state index in [1.807, 2.05) is 49.9 Å². The predicted molar refractivity (Wildman–Crippen MR) is 200 cm³/mol. The van der Waals surface area contributed by atoms with Gasteiger partial charge in [0.1, 0.15) is 25.0 Å². The number of nitrogens with two attached hydrogens (primary N) is 1.